The first-order valence-corrected chi connectivity index (χ1v) is 5.51. The first-order chi connectivity index (χ1) is 6.66. The van der Waals surface area contributed by atoms with Gasteiger partial charge in [0.2, 0.25) is 0 Å². The molecule has 1 aromatic rings. The van der Waals surface area contributed by atoms with Crippen molar-refractivity contribution in [3.63, 3.8) is 0 Å². The lowest BCUT2D eigenvalue weighted by Crippen LogP contribution is -2.10. The van der Waals surface area contributed by atoms with E-state index in [1.807, 2.05) is 12.1 Å². The Labute approximate surface area is 96.3 Å². The smallest absolute Gasteiger partial charge is 0.324 e. The zero-order chi connectivity index (χ0) is 10.6. The minimum absolute atomic E-state index is 0.319. The van der Waals surface area contributed by atoms with E-state index in [4.69, 9.17) is 16.3 Å². The molecule has 0 saturated carbocycles. The van der Waals surface area contributed by atoms with E-state index < -0.39 is 4.83 Å². The zero-order valence-electron chi connectivity index (χ0n) is 7.67. The molecule has 0 fully saturated rings. The number of esters is 1. The summed E-state index contributed by atoms with van der Waals surface area (Å²) in [5, 5.41) is 0.558. The van der Waals surface area contributed by atoms with Crippen LogP contribution >= 0.6 is 27.5 Å². The Morgan fingerprint density at radius 2 is 2.21 bits per heavy atom. The van der Waals surface area contributed by atoms with Gasteiger partial charge < -0.3 is 4.74 Å². The topological polar surface area (TPSA) is 26.3 Å². The molecular formula is C10H10BrClO2. The second-order valence-corrected chi connectivity index (χ2v) is 3.96. The maximum Gasteiger partial charge on any atom is 0.324 e. The molecule has 76 valence electrons. The lowest BCUT2D eigenvalue weighted by Gasteiger charge is -2.10. The van der Waals surface area contributed by atoms with Crippen LogP contribution in [0.5, 0.6) is 0 Å². The fourth-order valence-electron chi connectivity index (χ4n) is 1.02. The van der Waals surface area contributed by atoms with Crippen LogP contribution in [0.4, 0.5) is 0 Å². The molecule has 1 aromatic carbocycles. The molecule has 0 aliphatic heterocycles. The molecule has 4 heteroatoms. The van der Waals surface area contributed by atoms with Crippen molar-refractivity contribution < 1.29 is 9.53 Å². The third kappa shape index (κ3) is 2.72. The highest BCUT2D eigenvalue weighted by atomic mass is 79.9. The van der Waals surface area contributed by atoms with Crippen LogP contribution in [0.25, 0.3) is 0 Å². The summed E-state index contributed by atoms with van der Waals surface area (Å²) in [6, 6.07) is 7.18. The van der Waals surface area contributed by atoms with Crippen molar-refractivity contribution in [2.24, 2.45) is 0 Å². The largest absolute Gasteiger partial charge is 0.465 e. The normalized spacial score (nSPS) is 12.2. The Bertz CT molecular complexity index is 328. The van der Waals surface area contributed by atoms with E-state index in [1.165, 1.54) is 0 Å². The lowest BCUT2D eigenvalue weighted by atomic mass is 10.1. The molecule has 0 unspecified atom stereocenters. The highest BCUT2D eigenvalue weighted by Crippen LogP contribution is 2.29. The minimum atomic E-state index is -0.490. The predicted octanol–water partition coefficient (Wildman–Crippen LogP) is 3.34. The molecule has 0 amide bonds. The van der Waals surface area contributed by atoms with Gasteiger partial charge in [-0.25, -0.2) is 0 Å². The average Bonchev–Trinajstić information content (AvgIpc) is 2.18. The second-order valence-electron chi connectivity index (χ2n) is 2.64. The Hall–Kier alpha value is -0.540. The number of alkyl halides is 1. The minimum Gasteiger partial charge on any atom is -0.465 e. The van der Waals surface area contributed by atoms with E-state index in [-0.39, 0.29) is 5.97 Å². The van der Waals surface area contributed by atoms with Crippen molar-refractivity contribution >= 4 is 33.5 Å². The van der Waals surface area contributed by atoms with Gasteiger partial charge in [-0.15, -0.1) is 0 Å². The molecule has 0 saturated heterocycles. The van der Waals surface area contributed by atoms with E-state index in [0.717, 1.165) is 5.56 Å². The van der Waals surface area contributed by atoms with Crippen molar-refractivity contribution in [1.82, 2.24) is 0 Å². The summed E-state index contributed by atoms with van der Waals surface area (Å²) in [7, 11) is 0. The second kappa shape index (κ2) is 5.37. The monoisotopic (exact) mass is 276 g/mol. The zero-order valence-corrected chi connectivity index (χ0v) is 10.0. The summed E-state index contributed by atoms with van der Waals surface area (Å²) in [5.41, 5.74) is 0.729. The molecule has 1 rings (SSSR count). The summed E-state index contributed by atoms with van der Waals surface area (Å²) in [4.78, 5) is 10.9. The van der Waals surface area contributed by atoms with Crippen LogP contribution in [-0.4, -0.2) is 12.6 Å². The van der Waals surface area contributed by atoms with Crippen molar-refractivity contribution in [2.45, 2.75) is 11.8 Å². The number of rotatable bonds is 3. The van der Waals surface area contributed by atoms with Gasteiger partial charge in [-0.3, -0.25) is 4.79 Å². The fourth-order valence-corrected chi connectivity index (χ4v) is 1.93. The molecule has 2 nitrogen and oxygen atoms in total. The van der Waals surface area contributed by atoms with Crippen LogP contribution < -0.4 is 0 Å². The predicted molar refractivity (Wildman–Crippen MR) is 59.8 cm³/mol. The highest BCUT2D eigenvalue weighted by Gasteiger charge is 2.20. The first-order valence-electron chi connectivity index (χ1n) is 4.22. The van der Waals surface area contributed by atoms with Crippen LogP contribution in [0, 0.1) is 0 Å². The first kappa shape index (κ1) is 11.5. The molecule has 0 aliphatic rings. The molecule has 0 aliphatic carbocycles. The number of benzene rings is 1. The molecule has 0 heterocycles. The van der Waals surface area contributed by atoms with Crippen LogP contribution in [0.2, 0.25) is 5.02 Å². The van der Waals surface area contributed by atoms with Gasteiger partial charge in [-0.1, -0.05) is 45.7 Å². The molecule has 0 spiro atoms. The van der Waals surface area contributed by atoms with Crippen LogP contribution in [0.3, 0.4) is 0 Å². The molecule has 0 N–H and O–H groups in total. The maximum atomic E-state index is 11.4. The third-order valence-corrected chi connectivity index (χ3v) is 2.88. The number of carbonyl (C=O) groups excluding carboxylic acids is 1. The number of carbonyl (C=O) groups is 1. The van der Waals surface area contributed by atoms with Crippen molar-refractivity contribution in [3.05, 3.63) is 34.9 Å². The van der Waals surface area contributed by atoms with Gasteiger partial charge >= 0.3 is 5.97 Å². The van der Waals surface area contributed by atoms with Crippen LogP contribution in [-0.2, 0) is 9.53 Å². The number of halogens is 2. The van der Waals surface area contributed by atoms with E-state index >= 15 is 0 Å². The SMILES string of the molecule is CCOC(=O)[C@@H](Br)c1ccccc1Cl. The summed E-state index contributed by atoms with van der Waals surface area (Å²) in [5.74, 6) is -0.319. The third-order valence-electron chi connectivity index (χ3n) is 1.67. The molecule has 0 radical (unpaired) electrons. The molecule has 0 aromatic heterocycles. The quantitative estimate of drug-likeness (QED) is 0.626. The van der Waals surface area contributed by atoms with E-state index in [1.54, 1.807) is 19.1 Å². The van der Waals surface area contributed by atoms with E-state index in [0.29, 0.717) is 11.6 Å². The summed E-state index contributed by atoms with van der Waals surface area (Å²) in [6.45, 7) is 2.13. The summed E-state index contributed by atoms with van der Waals surface area (Å²) >= 11 is 9.17. The van der Waals surface area contributed by atoms with Gasteiger partial charge in [0.25, 0.3) is 0 Å². The number of hydrogen-bond donors (Lipinski definition) is 0. The van der Waals surface area contributed by atoms with Crippen LogP contribution in [0.1, 0.15) is 17.3 Å². The van der Waals surface area contributed by atoms with Crippen molar-refractivity contribution in [2.75, 3.05) is 6.61 Å². The van der Waals surface area contributed by atoms with Gasteiger partial charge in [0, 0.05) is 5.02 Å². The molecule has 14 heavy (non-hydrogen) atoms. The van der Waals surface area contributed by atoms with Gasteiger partial charge in [0.15, 0.2) is 0 Å². The maximum absolute atomic E-state index is 11.4. The summed E-state index contributed by atoms with van der Waals surface area (Å²) < 4.78 is 4.87. The molecular weight excluding hydrogens is 267 g/mol. The average molecular weight is 278 g/mol. The fraction of sp³-hybridized carbons (Fsp3) is 0.300. The van der Waals surface area contributed by atoms with Gasteiger partial charge in [0.1, 0.15) is 4.83 Å². The summed E-state index contributed by atoms with van der Waals surface area (Å²) in [6.07, 6.45) is 0. The number of hydrogen-bond acceptors (Lipinski definition) is 2. The Morgan fingerprint density at radius 1 is 1.57 bits per heavy atom. The Kier molecular flexibility index (Phi) is 4.42. The van der Waals surface area contributed by atoms with E-state index in [2.05, 4.69) is 15.9 Å². The number of ether oxygens (including phenoxy) is 1. The Morgan fingerprint density at radius 3 is 2.79 bits per heavy atom. The van der Waals surface area contributed by atoms with Crippen LogP contribution in [0.15, 0.2) is 24.3 Å². The van der Waals surface area contributed by atoms with Crippen molar-refractivity contribution in [1.29, 1.82) is 0 Å². The highest BCUT2D eigenvalue weighted by molar-refractivity contribution is 9.09. The van der Waals surface area contributed by atoms with Crippen molar-refractivity contribution in [3.8, 4) is 0 Å². The Balaban J connectivity index is 2.84. The standard InChI is InChI=1S/C10H10BrClO2/c1-2-14-10(13)9(11)7-5-3-4-6-8(7)12/h3-6,9H,2H2,1H3/t9-/m0/s1. The van der Waals surface area contributed by atoms with Gasteiger partial charge in [-0.05, 0) is 18.6 Å². The van der Waals surface area contributed by atoms with Gasteiger partial charge in [0.05, 0.1) is 6.61 Å². The molecule has 1 atom stereocenters. The van der Waals surface area contributed by atoms with Gasteiger partial charge in [-0.2, -0.15) is 0 Å². The lowest BCUT2D eigenvalue weighted by molar-refractivity contribution is -0.142. The van der Waals surface area contributed by atoms with E-state index in [9.17, 15) is 4.79 Å². The molecule has 0 bridgehead atoms.